The number of morpholine rings is 1. The Balaban J connectivity index is 1.42. The van der Waals surface area contributed by atoms with Gasteiger partial charge in [-0.3, -0.25) is 10.00 Å². The molecule has 8 heteroatoms. The maximum atomic E-state index is 10.2. The Hall–Kier alpha value is -1.74. The van der Waals surface area contributed by atoms with Crippen LogP contribution in [0.1, 0.15) is 30.4 Å². The van der Waals surface area contributed by atoms with Crippen molar-refractivity contribution in [2.45, 2.75) is 32.2 Å². The maximum Gasteiger partial charge on any atom is 0.180 e. The van der Waals surface area contributed by atoms with Gasteiger partial charge in [0.15, 0.2) is 5.82 Å². The number of aryl methyl sites for hydroxylation is 1. The SMILES string of the molecule is CCc1nc([C@@H]2CN(C[C@@H](O)COCc3ccco3)CCO2)n[nH]1. The van der Waals surface area contributed by atoms with E-state index < -0.39 is 6.10 Å². The second kappa shape index (κ2) is 8.39. The van der Waals surface area contributed by atoms with Crippen LogP contribution in [0.2, 0.25) is 0 Å². The average molecular weight is 336 g/mol. The molecular formula is C16H24N4O4. The summed E-state index contributed by atoms with van der Waals surface area (Å²) in [5.74, 6) is 2.29. The molecule has 2 aromatic rings. The van der Waals surface area contributed by atoms with Crippen LogP contribution in [0.3, 0.4) is 0 Å². The zero-order chi connectivity index (χ0) is 16.8. The number of aromatic amines is 1. The zero-order valence-electron chi connectivity index (χ0n) is 13.9. The minimum Gasteiger partial charge on any atom is -0.467 e. The molecule has 0 bridgehead atoms. The van der Waals surface area contributed by atoms with E-state index in [1.807, 2.05) is 19.1 Å². The first kappa shape index (κ1) is 17.1. The summed E-state index contributed by atoms with van der Waals surface area (Å²) in [6.07, 6.45) is 1.70. The number of aliphatic hydroxyl groups excluding tert-OH is 1. The van der Waals surface area contributed by atoms with Crippen LogP contribution in [-0.4, -0.2) is 64.1 Å². The van der Waals surface area contributed by atoms with E-state index in [-0.39, 0.29) is 12.7 Å². The molecule has 1 saturated heterocycles. The molecule has 1 aliphatic rings. The molecule has 0 radical (unpaired) electrons. The summed E-state index contributed by atoms with van der Waals surface area (Å²) in [7, 11) is 0. The molecule has 0 aliphatic carbocycles. The summed E-state index contributed by atoms with van der Waals surface area (Å²) < 4.78 is 16.4. The Morgan fingerprint density at radius 3 is 3.21 bits per heavy atom. The molecule has 24 heavy (non-hydrogen) atoms. The van der Waals surface area contributed by atoms with Gasteiger partial charge in [0.1, 0.15) is 24.3 Å². The lowest BCUT2D eigenvalue weighted by molar-refractivity contribution is -0.0572. The maximum absolute atomic E-state index is 10.2. The molecule has 0 amide bonds. The van der Waals surface area contributed by atoms with Gasteiger partial charge in [-0.1, -0.05) is 6.92 Å². The quantitative estimate of drug-likeness (QED) is 0.739. The molecule has 1 aliphatic heterocycles. The monoisotopic (exact) mass is 336 g/mol. The predicted octanol–water partition coefficient (Wildman–Crippen LogP) is 0.911. The van der Waals surface area contributed by atoms with Crippen LogP contribution in [0.5, 0.6) is 0 Å². The van der Waals surface area contributed by atoms with Gasteiger partial charge in [-0.05, 0) is 12.1 Å². The minimum absolute atomic E-state index is 0.161. The van der Waals surface area contributed by atoms with Gasteiger partial charge in [-0.2, -0.15) is 5.10 Å². The normalized spacial score (nSPS) is 20.3. The van der Waals surface area contributed by atoms with Gasteiger partial charge in [-0.15, -0.1) is 0 Å². The van der Waals surface area contributed by atoms with Crippen molar-refractivity contribution in [3.05, 3.63) is 35.8 Å². The van der Waals surface area contributed by atoms with E-state index >= 15 is 0 Å². The van der Waals surface area contributed by atoms with Gasteiger partial charge in [0.05, 0.1) is 25.6 Å². The Kier molecular flexibility index (Phi) is 5.97. The van der Waals surface area contributed by atoms with E-state index in [1.54, 1.807) is 6.26 Å². The van der Waals surface area contributed by atoms with Gasteiger partial charge in [0.2, 0.25) is 0 Å². The number of β-amino-alcohol motifs (C(OH)–C–C–N with tert-alkyl or cyclic N) is 1. The van der Waals surface area contributed by atoms with Crippen molar-refractivity contribution < 1.29 is 19.0 Å². The van der Waals surface area contributed by atoms with Crippen molar-refractivity contribution >= 4 is 0 Å². The Morgan fingerprint density at radius 2 is 2.46 bits per heavy atom. The molecule has 3 rings (SSSR count). The summed E-state index contributed by atoms with van der Waals surface area (Å²) in [5.41, 5.74) is 0. The molecule has 1 fully saturated rings. The fraction of sp³-hybridized carbons (Fsp3) is 0.625. The van der Waals surface area contributed by atoms with E-state index in [1.165, 1.54) is 0 Å². The topological polar surface area (TPSA) is 96.6 Å². The van der Waals surface area contributed by atoms with Crippen LogP contribution in [0.15, 0.2) is 22.8 Å². The van der Waals surface area contributed by atoms with Crippen molar-refractivity contribution in [1.29, 1.82) is 0 Å². The van der Waals surface area contributed by atoms with Gasteiger partial charge < -0.3 is 19.0 Å². The largest absolute Gasteiger partial charge is 0.467 e. The molecule has 0 aromatic carbocycles. The average Bonchev–Trinajstić information content (AvgIpc) is 3.26. The third kappa shape index (κ3) is 4.64. The van der Waals surface area contributed by atoms with E-state index in [4.69, 9.17) is 13.9 Å². The highest BCUT2D eigenvalue weighted by atomic mass is 16.5. The fourth-order valence-electron chi connectivity index (χ4n) is 2.68. The molecule has 2 aromatic heterocycles. The van der Waals surface area contributed by atoms with Crippen LogP contribution in [-0.2, 0) is 22.5 Å². The second-order valence-corrected chi connectivity index (χ2v) is 5.86. The molecule has 8 nitrogen and oxygen atoms in total. The highest BCUT2D eigenvalue weighted by Gasteiger charge is 2.26. The van der Waals surface area contributed by atoms with E-state index in [2.05, 4.69) is 20.1 Å². The number of nitrogens with one attached hydrogen (secondary N) is 1. The number of ether oxygens (including phenoxy) is 2. The number of furan rings is 1. The van der Waals surface area contributed by atoms with E-state index in [0.29, 0.717) is 32.1 Å². The molecule has 3 heterocycles. The van der Waals surface area contributed by atoms with Gasteiger partial charge in [0, 0.05) is 26.1 Å². The second-order valence-electron chi connectivity index (χ2n) is 5.86. The number of rotatable bonds is 8. The zero-order valence-corrected chi connectivity index (χ0v) is 13.9. The molecule has 2 atom stereocenters. The van der Waals surface area contributed by atoms with Crippen LogP contribution < -0.4 is 0 Å². The van der Waals surface area contributed by atoms with Crippen molar-refractivity contribution in [3.63, 3.8) is 0 Å². The fourth-order valence-corrected chi connectivity index (χ4v) is 2.68. The predicted molar refractivity (Wildman–Crippen MR) is 85.3 cm³/mol. The highest BCUT2D eigenvalue weighted by molar-refractivity contribution is 4.97. The third-order valence-corrected chi connectivity index (χ3v) is 3.93. The summed E-state index contributed by atoms with van der Waals surface area (Å²) in [4.78, 5) is 6.58. The first-order valence-corrected chi connectivity index (χ1v) is 8.28. The standard InChI is InChI=1S/C16H24N4O4/c1-2-15-17-16(19-18-15)14-9-20(5-7-24-14)8-12(21)10-22-11-13-4-3-6-23-13/h3-4,6,12,14,21H,2,5,7-11H2,1H3,(H,17,18,19)/t12-,14+/m1/s1. The lowest BCUT2D eigenvalue weighted by Crippen LogP contribution is -2.43. The molecule has 132 valence electrons. The number of H-pyrrole nitrogens is 1. The Morgan fingerprint density at radius 1 is 1.54 bits per heavy atom. The summed E-state index contributed by atoms with van der Waals surface area (Å²) in [5, 5.41) is 17.3. The van der Waals surface area contributed by atoms with Gasteiger partial charge in [0.25, 0.3) is 0 Å². The lowest BCUT2D eigenvalue weighted by Gasteiger charge is -2.32. The third-order valence-electron chi connectivity index (χ3n) is 3.93. The first-order valence-electron chi connectivity index (χ1n) is 8.28. The van der Waals surface area contributed by atoms with E-state index in [9.17, 15) is 5.11 Å². The Bertz CT molecular complexity index is 601. The summed E-state index contributed by atoms with van der Waals surface area (Å²) >= 11 is 0. The number of hydrogen-bond acceptors (Lipinski definition) is 7. The van der Waals surface area contributed by atoms with Crippen molar-refractivity contribution in [3.8, 4) is 0 Å². The van der Waals surface area contributed by atoms with Crippen LogP contribution >= 0.6 is 0 Å². The molecule has 2 N–H and O–H groups in total. The number of aromatic nitrogens is 3. The molecule has 0 unspecified atom stereocenters. The molecular weight excluding hydrogens is 312 g/mol. The smallest absolute Gasteiger partial charge is 0.180 e. The minimum atomic E-state index is -0.558. The lowest BCUT2D eigenvalue weighted by atomic mass is 10.2. The number of hydrogen-bond donors (Lipinski definition) is 2. The summed E-state index contributed by atoms with van der Waals surface area (Å²) in [6, 6.07) is 3.66. The number of aliphatic hydroxyl groups is 1. The Labute approximate surface area is 140 Å². The highest BCUT2D eigenvalue weighted by Crippen LogP contribution is 2.19. The molecule has 0 spiro atoms. The van der Waals surface area contributed by atoms with Crippen LogP contribution in [0.4, 0.5) is 0 Å². The van der Waals surface area contributed by atoms with Crippen molar-refractivity contribution in [1.82, 2.24) is 20.1 Å². The van der Waals surface area contributed by atoms with Crippen LogP contribution in [0, 0.1) is 0 Å². The molecule has 0 saturated carbocycles. The van der Waals surface area contributed by atoms with E-state index in [0.717, 1.165) is 24.6 Å². The van der Waals surface area contributed by atoms with Crippen LogP contribution in [0.25, 0.3) is 0 Å². The van der Waals surface area contributed by atoms with Gasteiger partial charge in [-0.25, -0.2) is 4.98 Å². The van der Waals surface area contributed by atoms with Crippen molar-refractivity contribution in [2.24, 2.45) is 0 Å². The number of nitrogens with zero attached hydrogens (tertiary/aromatic N) is 3. The first-order chi connectivity index (χ1) is 11.7. The summed E-state index contributed by atoms with van der Waals surface area (Å²) in [6.45, 7) is 5.23. The van der Waals surface area contributed by atoms with Gasteiger partial charge >= 0.3 is 0 Å². The van der Waals surface area contributed by atoms with Crippen molar-refractivity contribution in [2.75, 3.05) is 32.8 Å².